The zero-order chi connectivity index (χ0) is 14.4. The molecule has 1 aliphatic carbocycles. The summed E-state index contributed by atoms with van der Waals surface area (Å²) >= 11 is 0. The second-order valence-electron chi connectivity index (χ2n) is 4.81. The van der Waals surface area contributed by atoms with Gasteiger partial charge in [0.05, 0.1) is 0 Å². The summed E-state index contributed by atoms with van der Waals surface area (Å²) < 4.78 is 0. The molecular formula is C17H28N2. The lowest BCUT2D eigenvalue weighted by Gasteiger charge is -2.21. The molecular weight excluding hydrogens is 232 g/mol. The minimum Gasteiger partial charge on any atom is -0.299 e. The van der Waals surface area contributed by atoms with Crippen LogP contribution >= 0.6 is 0 Å². The summed E-state index contributed by atoms with van der Waals surface area (Å²) in [7, 11) is 2.21. The lowest BCUT2D eigenvalue weighted by atomic mass is 9.96. The number of likely N-dealkylation sites (N-methyl/N-ethyl adjacent to an activating group) is 1. The Morgan fingerprint density at radius 2 is 1.84 bits per heavy atom. The van der Waals surface area contributed by atoms with E-state index in [1.807, 2.05) is 40.1 Å². The van der Waals surface area contributed by atoms with Gasteiger partial charge < -0.3 is 0 Å². The number of aryl methyl sites for hydroxylation is 1. The highest BCUT2D eigenvalue weighted by molar-refractivity contribution is 5.71. The molecule has 2 unspecified atom stereocenters. The maximum atomic E-state index is 4.28. The Bertz CT molecular complexity index is 423. The minimum atomic E-state index is 0.672. The van der Waals surface area contributed by atoms with E-state index in [4.69, 9.17) is 0 Å². The van der Waals surface area contributed by atoms with Crippen LogP contribution < -0.4 is 0 Å². The van der Waals surface area contributed by atoms with Crippen LogP contribution in [0, 0.1) is 12.8 Å². The number of aromatic nitrogens is 1. The highest BCUT2D eigenvalue weighted by Crippen LogP contribution is 2.41. The Labute approximate surface area is 118 Å². The Kier molecular flexibility index (Phi) is 6.23. The Morgan fingerprint density at radius 3 is 2.32 bits per heavy atom. The van der Waals surface area contributed by atoms with Crippen LogP contribution in [0.3, 0.4) is 0 Å². The molecule has 3 rings (SSSR count). The molecule has 0 radical (unpaired) electrons. The third-order valence-electron chi connectivity index (χ3n) is 3.62. The predicted molar refractivity (Wildman–Crippen MR) is 84.2 cm³/mol. The van der Waals surface area contributed by atoms with Gasteiger partial charge in [-0.1, -0.05) is 33.8 Å². The molecule has 0 saturated carbocycles. The van der Waals surface area contributed by atoms with Gasteiger partial charge in [0.1, 0.15) is 0 Å². The van der Waals surface area contributed by atoms with E-state index in [1.54, 1.807) is 0 Å². The van der Waals surface area contributed by atoms with Crippen molar-refractivity contribution in [2.45, 2.75) is 47.1 Å². The van der Waals surface area contributed by atoms with Crippen LogP contribution in [0.25, 0.3) is 5.57 Å². The van der Waals surface area contributed by atoms with Gasteiger partial charge in [-0.25, -0.2) is 0 Å². The SMILES string of the molecule is CC.CC.Cc1cncc(C2=CC3CC2CN3C)c1. The molecule has 1 aromatic heterocycles. The van der Waals surface area contributed by atoms with Crippen molar-refractivity contribution in [3.05, 3.63) is 35.7 Å². The molecule has 0 amide bonds. The number of hydrogen-bond donors (Lipinski definition) is 0. The molecule has 1 fully saturated rings. The smallest absolute Gasteiger partial charge is 0.0343 e. The number of pyridine rings is 1. The number of hydrogen-bond acceptors (Lipinski definition) is 2. The van der Waals surface area contributed by atoms with E-state index >= 15 is 0 Å². The first-order valence-corrected chi connectivity index (χ1v) is 7.58. The Balaban J connectivity index is 0.000000415. The fraction of sp³-hybridized carbons (Fsp3) is 0.588. The zero-order valence-corrected chi connectivity index (χ0v) is 13.3. The van der Waals surface area contributed by atoms with E-state index in [0.29, 0.717) is 6.04 Å². The lowest BCUT2D eigenvalue weighted by molar-refractivity contribution is 0.347. The summed E-state index contributed by atoms with van der Waals surface area (Å²) in [5, 5.41) is 0. The van der Waals surface area contributed by atoms with Gasteiger partial charge in [0.2, 0.25) is 0 Å². The molecule has 2 heteroatoms. The molecule has 106 valence electrons. The fourth-order valence-electron chi connectivity index (χ4n) is 2.84. The number of nitrogens with zero attached hydrogens (tertiary/aromatic N) is 2. The van der Waals surface area contributed by atoms with Crippen molar-refractivity contribution in [1.29, 1.82) is 0 Å². The van der Waals surface area contributed by atoms with E-state index in [2.05, 4.69) is 36.0 Å². The van der Waals surface area contributed by atoms with E-state index in [1.165, 1.54) is 29.7 Å². The van der Waals surface area contributed by atoms with Crippen molar-refractivity contribution < 1.29 is 0 Å². The summed E-state index contributed by atoms with van der Waals surface area (Å²) in [6.07, 6.45) is 7.65. The van der Waals surface area contributed by atoms with E-state index < -0.39 is 0 Å². The van der Waals surface area contributed by atoms with Gasteiger partial charge in [-0.15, -0.1) is 0 Å². The summed E-state index contributed by atoms with van der Waals surface area (Å²) in [6, 6.07) is 2.92. The second kappa shape index (κ2) is 7.44. The van der Waals surface area contributed by atoms with Gasteiger partial charge in [0, 0.05) is 25.0 Å². The Hall–Kier alpha value is -1.15. The normalized spacial score (nSPS) is 24.0. The highest BCUT2D eigenvalue weighted by Gasteiger charge is 2.36. The fourth-order valence-corrected chi connectivity index (χ4v) is 2.84. The molecule has 1 aromatic rings. The van der Waals surface area contributed by atoms with Gasteiger partial charge in [0.15, 0.2) is 0 Å². The van der Waals surface area contributed by atoms with E-state index in [-0.39, 0.29) is 0 Å². The molecule has 19 heavy (non-hydrogen) atoms. The average Bonchev–Trinajstić information content (AvgIpc) is 3.02. The van der Waals surface area contributed by atoms with Crippen molar-refractivity contribution in [2.75, 3.05) is 13.6 Å². The topological polar surface area (TPSA) is 16.1 Å². The van der Waals surface area contributed by atoms with Crippen molar-refractivity contribution in [3.8, 4) is 0 Å². The van der Waals surface area contributed by atoms with Gasteiger partial charge in [-0.3, -0.25) is 9.88 Å². The van der Waals surface area contributed by atoms with Crippen molar-refractivity contribution in [1.82, 2.24) is 9.88 Å². The predicted octanol–water partition coefficient (Wildman–Crippen LogP) is 4.16. The Morgan fingerprint density at radius 1 is 1.16 bits per heavy atom. The summed E-state index contributed by atoms with van der Waals surface area (Å²) in [5.74, 6) is 0.739. The van der Waals surface area contributed by atoms with Crippen LogP contribution in [-0.4, -0.2) is 29.5 Å². The van der Waals surface area contributed by atoms with Gasteiger partial charge >= 0.3 is 0 Å². The third kappa shape index (κ3) is 3.44. The lowest BCUT2D eigenvalue weighted by Crippen LogP contribution is -2.25. The molecule has 2 heterocycles. The number of likely N-dealkylation sites (tertiary alicyclic amines) is 1. The molecule has 0 aromatic carbocycles. The van der Waals surface area contributed by atoms with Gasteiger partial charge in [-0.2, -0.15) is 0 Å². The molecule has 0 spiro atoms. The minimum absolute atomic E-state index is 0.672. The largest absolute Gasteiger partial charge is 0.299 e. The molecule has 2 aliphatic rings. The molecule has 1 saturated heterocycles. The van der Waals surface area contributed by atoms with Crippen LogP contribution in [0.15, 0.2) is 24.5 Å². The molecule has 1 aliphatic heterocycles. The molecule has 2 bridgehead atoms. The van der Waals surface area contributed by atoms with E-state index in [0.717, 1.165) is 5.92 Å². The molecule has 2 atom stereocenters. The molecule has 0 N–H and O–H groups in total. The summed E-state index contributed by atoms with van der Waals surface area (Å²) in [6.45, 7) is 11.3. The van der Waals surface area contributed by atoms with Crippen LogP contribution in [0.1, 0.15) is 45.2 Å². The first-order chi connectivity index (χ1) is 9.24. The number of fused-ring (bicyclic) bond motifs is 2. The summed E-state index contributed by atoms with van der Waals surface area (Å²) in [4.78, 5) is 6.72. The van der Waals surface area contributed by atoms with Crippen molar-refractivity contribution in [3.63, 3.8) is 0 Å². The number of rotatable bonds is 1. The van der Waals surface area contributed by atoms with Gasteiger partial charge in [0.25, 0.3) is 0 Å². The van der Waals surface area contributed by atoms with Crippen molar-refractivity contribution in [2.24, 2.45) is 5.92 Å². The first kappa shape index (κ1) is 15.9. The quantitative estimate of drug-likeness (QED) is 0.753. The first-order valence-electron chi connectivity index (χ1n) is 7.58. The maximum absolute atomic E-state index is 4.28. The van der Waals surface area contributed by atoms with Crippen LogP contribution in [-0.2, 0) is 0 Å². The second-order valence-corrected chi connectivity index (χ2v) is 4.81. The summed E-state index contributed by atoms with van der Waals surface area (Å²) in [5.41, 5.74) is 4.11. The van der Waals surface area contributed by atoms with Crippen LogP contribution in [0.4, 0.5) is 0 Å². The van der Waals surface area contributed by atoms with E-state index in [9.17, 15) is 0 Å². The maximum Gasteiger partial charge on any atom is 0.0343 e. The zero-order valence-electron chi connectivity index (χ0n) is 13.3. The third-order valence-corrected chi connectivity index (χ3v) is 3.62. The van der Waals surface area contributed by atoms with Crippen molar-refractivity contribution >= 4 is 5.57 Å². The van der Waals surface area contributed by atoms with Crippen LogP contribution in [0.2, 0.25) is 0 Å². The molecule has 2 nitrogen and oxygen atoms in total. The highest BCUT2D eigenvalue weighted by atomic mass is 15.2. The van der Waals surface area contributed by atoms with Gasteiger partial charge in [-0.05, 0) is 49.1 Å². The standard InChI is InChI=1S/C13H16N2.2C2H6/c1-9-3-10(7-14-6-9)13-5-12-4-11(13)8-15(12)2;2*1-2/h3,5-7,11-12H,4,8H2,1-2H3;2*1-2H3. The van der Waals surface area contributed by atoms with Crippen LogP contribution in [0.5, 0.6) is 0 Å². The average molecular weight is 260 g/mol. The monoisotopic (exact) mass is 260 g/mol.